The minimum absolute atomic E-state index is 0.102. The number of hydrogen-bond donors (Lipinski definition) is 1. The minimum Gasteiger partial charge on any atom is -0.491 e. The van der Waals surface area contributed by atoms with Gasteiger partial charge in [-0.05, 0) is 62.1 Å². The molecule has 1 amide bonds. The Hall–Kier alpha value is -2.49. The fourth-order valence-electron chi connectivity index (χ4n) is 2.55. The molecule has 0 saturated heterocycles. The van der Waals surface area contributed by atoms with Gasteiger partial charge >= 0.3 is 0 Å². The highest BCUT2D eigenvalue weighted by Crippen LogP contribution is 2.16. The number of rotatable bonds is 9. The Balaban J connectivity index is 1.87. The van der Waals surface area contributed by atoms with Gasteiger partial charge < -0.3 is 14.8 Å². The number of carbonyl (C=O) groups excluding carboxylic acids is 1. The lowest BCUT2D eigenvalue weighted by Gasteiger charge is -2.17. The van der Waals surface area contributed by atoms with E-state index in [0.29, 0.717) is 13.0 Å². The van der Waals surface area contributed by atoms with E-state index in [9.17, 15) is 4.79 Å². The first kappa shape index (κ1) is 19.8. The third-order valence-electron chi connectivity index (χ3n) is 4.04. The van der Waals surface area contributed by atoms with Crippen molar-refractivity contribution < 1.29 is 14.3 Å². The zero-order chi connectivity index (χ0) is 18.9. The van der Waals surface area contributed by atoms with Crippen LogP contribution in [0.25, 0.3) is 0 Å². The van der Waals surface area contributed by atoms with Crippen molar-refractivity contribution in [3.63, 3.8) is 0 Å². The molecule has 0 unspecified atom stereocenters. The SMILES string of the molecule is CCc1ccc(O[C@@H](CC)C(=O)NCc2ccc(OC(C)C)cc2)cc1. The van der Waals surface area contributed by atoms with E-state index in [0.717, 1.165) is 23.5 Å². The van der Waals surface area contributed by atoms with Crippen LogP contribution in [0, 0.1) is 0 Å². The Morgan fingerprint density at radius 3 is 1.92 bits per heavy atom. The maximum atomic E-state index is 12.4. The van der Waals surface area contributed by atoms with Crippen molar-refractivity contribution in [1.29, 1.82) is 0 Å². The van der Waals surface area contributed by atoms with Gasteiger partial charge in [0.1, 0.15) is 11.5 Å². The van der Waals surface area contributed by atoms with Gasteiger partial charge in [-0.3, -0.25) is 4.79 Å². The third-order valence-corrected chi connectivity index (χ3v) is 4.04. The zero-order valence-corrected chi connectivity index (χ0v) is 16.1. The van der Waals surface area contributed by atoms with E-state index >= 15 is 0 Å². The van der Waals surface area contributed by atoms with Gasteiger partial charge in [-0.25, -0.2) is 0 Å². The second-order valence-electron chi connectivity index (χ2n) is 6.54. The van der Waals surface area contributed by atoms with Crippen LogP contribution < -0.4 is 14.8 Å². The van der Waals surface area contributed by atoms with Crippen molar-refractivity contribution in [2.24, 2.45) is 0 Å². The van der Waals surface area contributed by atoms with Gasteiger partial charge in [-0.1, -0.05) is 38.1 Å². The summed E-state index contributed by atoms with van der Waals surface area (Å²) in [5.41, 5.74) is 2.27. The summed E-state index contributed by atoms with van der Waals surface area (Å²) in [5.74, 6) is 1.45. The summed E-state index contributed by atoms with van der Waals surface area (Å²) in [5, 5.41) is 2.95. The van der Waals surface area contributed by atoms with Gasteiger partial charge in [-0.15, -0.1) is 0 Å². The van der Waals surface area contributed by atoms with Crippen LogP contribution in [0.3, 0.4) is 0 Å². The molecule has 0 saturated carbocycles. The third kappa shape index (κ3) is 6.10. The fraction of sp³-hybridized carbons (Fsp3) is 0.409. The van der Waals surface area contributed by atoms with E-state index in [4.69, 9.17) is 9.47 Å². The first-order valence-electron chi connectivity index (χ1n) is 9.30. The van der Waals surface area contributed by atoms with Crippen LogP contribution in [0.5, 0.6) is 11.5 Å². The Morgan fingerprint density at radius 1 is 0.885 bits per heavy atom. The summed E-state index contributed by atoms with van der Waals surface area (Å²) in [6.07, 6.45) is 1.25. The Labute approximate surface area is 156 Å². The standard InChI is InChI=1S/C22H29NO3/c1-5-17-7-11-20(12-8-17)26-21(6-2)22(24)23-15-18-9-13-19(14-10-18)25-16(3)4/h7-14,16,21H,5-6,15H2,1-4H3,(H,23,24)/t21-/m0/s1. The molecule has 0 bridgehead atoms. The van der Waals surface area contributed by atoms with Crippen LogP contribution in [0.1, 0.15) is 45.2 Å². The van der Waals surface area contributed by atoms with Crippen molar-refractivity contribution in [2.45, 2.75) is 59.3 Å². The van der Waals surface area contributed by atoms with Crippen molar-refractivity contribution in [3.8, 4) is 11.5 Å². The van der Waals surface area contributed by atoms with E-state index in [1.54, 1.807) is 0 Å². The molecule has 0 aliphatic heterocycles. The van der Waals surface area contributed by atoms with Crippen molar-refractivity contribution in [3.05, 3.63) is 59.7 Å². The Morgan fingerprint density at radius 2 is 1.42 bits per heavy atom. The van der Waals surface area contributed by atoms with Gasteiger partial charge in [0, 0.05) is 6.54 Å². The Kier molecular flexibility index (Phi) is 7.52. The molecule has 2 aromatic rings. The molecule has 0 heterocycles. The first-order valence-corrected chi connectivity index (χ1v) is 9.30. The molecule has 4 nitrogen and oxygen atoms in total. The highest BCUT2D eigenvalue weighted by Gasteiger charge is 2.18. The number of benzene rings is 2. The number of amides is 1. The highest BCUT2D eigenvalue weighted by molar-refractivity contribution is 5.81. The molecule has 0 radical (unpaired) electrons. The topological polar surface area (TPSA) is 47.6 Å². The van der Waals surface area contributed by atoms with Crippen LogP contribution in [-0.4, -0.2) is 18.1 Å². The molecule has 1 atom stereocenters. The zero-order valence-electron chi connectivity index (χ0n) is 16.1. The summed E-state index contributed by atoms with van der Waals surface area (Å²) in [6.45, 7) is 8.52. The molecule has 4 heteroatoms. The second kappa shape index (κ2) is 9.85. The van der Waals surface area contributed by atoms with E-state index < -0.39 is 6.10 Å². The van der Waals surface area contributed by atoms with Crippen LogP contribution in [0.15, 0.2) is 48.5 Å². The molecular formula is C22H29NO3. The lowest BCUT2D eigenvalue weighted by atomic mass is 10.1. The predicted octanol–water partition coefficient (Wildman–Crippen LogP) is 4.51. The molecule has 0 spiro atoms. The van der Waals surface area contributed by atoms with E-state index in [2.05, 4.69) is 12.2 Å². The van der Waals surface area contributed by atoms with Crippen LogP contribution in [-0.2, 0) is 17.8 Å². The number of ether oxygens (including phenoxy) is 2. The smallest absolute Gasteiger partial charge is 0.261 e. The average Bonchev–Trinajstić information content (AvgIpc) is 2.65. The number of aryl methyl sites for hydroxylation is 1. The maximum Gasteiger partial charge on any atom is 0.261 e. The second-order valence-corrected chi connectivity index (χ2v) is 6.54. The van der Waals surface area contributed by atoms with Gasteiger partial charge in [0.15, 0.2) is 6.10 Å². The van der Waals surface area contributed by atoms with Crippen LogP contribution in [0.4, 0.5) is 0 Å². The number of nitrogens with one attached hydrogen (secondary N) is 1. The lowest BCUT2D eigenvalue weighted by Crippen LogP contribution is -2.37. The van der Waals surface area contributed by atoms with Crippen molar-refractivity contribution >= 4 is 5.91 Å². The minimum atomic E-state index is -0.494. The van der Waals surface area contributed by atoms with Gasteiger partial charge in [0.05, 0.1) is 6.10 Å². The van der Waals surface area contributed by atoms with E-state index in [1.807, 2.05) is 69.3 Å². The summed E-state index contributed by atoms with van der Waals surface area (Å²) < 4.78 is 11.5. The molecule has 0 aliphatic carbocycles. The molecule has 140 valence electrons. The molecule has 26 heavy (non-hydrogen) atoms. The fourth-order valence-corrected chi connectivity index (χ4v) is 2.55. The maximum absolute atomic E-state index is 12.4. The predicted molar refractivity (Wildman–Crippen MR) is 105 cm³/mol. The van der Waals surface area contributed by atoms with Gasteiger partial charge in [0.25, 0.3) is 5.91 Å². The summed E-state index contributed by atoms with van der Waals surface area (Å²) in [6, 6.07) is 15.7. The van der Waals surface area contributed by atoms with Gasteiger partial charge in [0.2, 0.25) is 0 Å². The molecule has 2 rings (SSSR count). The molecule has 2 aromatic carbocycles. The quantitative estimate of drug-likeness (QED) is 0.720. The molecule has 1 N–H and O–H groups in total. The van der Waals surface area contributed by atoms with Crippen LogP contribution >= 0.6 is 0 Å². The number of carbonyl (C=O) groups is 1. The Bertz CT molecular complexity index is 678. The van der Waals surface area contributed by atoms with Crippen LogP contribution in [0.2, 0.25) is 0 Å². The summed E-state index contributed by atoms with van der Waals surface area (Å²) in [4.78, 5) is 12.4. The average molecular weight is 355 g/mol. The molecule has 0 fully saturated rings. The molecule has 0 aromatic heterocycles. The van der Waals surface area contributed by atoms with E-state index in [-0.39, 0.29) is 12.0 Å². The normalized spacial score (nSPS) is 11.9. The largest absolute Gasteiger partial charge is 0.491 e. The van der Waals surface area contributed by atoms with Crippen molar-refractivity contribution in [2.75, 3.05) is 0 Å². The molecule has 0 aliphatic rings. The lowest BCUT2D eigenvalue weighted by molar-refractivity contribution is -0.128. The summed E-state index contributed by atoms with van der Waals surface area (Å²) in [7, 11) is 0. The van der Waals surface area contributed by atoms with E-state index in [1.165, 1.54) is 5.56 Å². The van der Waals surface area contributed by atoms with Gasteiger partial charge in [-0.2, -0.15) is 0 Å². The first-order chi connectivity index (χ1) is 12.5. The summed E-state index contributed by atoms with van der Waals surface area (Å²) >= 11 is 0. The monoisotopic (exact) mass is 355 g/mol. The molecular weight excluding hydrogens is 326 g/mol. The number of hydrogen-bond acceptors (Lipinski definition) is 3. The highest BCUT2D eigenvalue weighted by atomic mass is 16.5. The van der Waals surface area contributed by atoms with Crippen molar-refractivity contribution in [1.82, 2.24) is 5.32 Å².